The zero-order chi connectivity index (χ0) is 7.68. The fourth-order valence-corrected chi connectivity index (χ4v) is 2.47. The van der Waals surface area contributed by atoms with E-state index in [2.05, 4.69) is 5.32 Å². The number of alkyl halides is 1. The van der Waals surface area contributed by atoms with Crippen LogP contribution in [0.4, 0.5) is 4.39 Å². The number of nitrogens with one attached hydrogen (secondary N) is 1. The fourth-order valence-electron chi connectivity index (χ4n) is 2.47. The Morgan fingerprint density at radius 1 is 1.09 bits per heavy atom. The second-order valence-electron chi connectivity index (χ2n) is 3.81. The van der Waals surface area contributed by atoms with E-state index in [1.807, 2.05) is 0 Å². The van der Waals surface area contributed by atoms with Gasteiger partial charge in [0.25, 0.3) is 0 Å². The van der Waals surface area contributed by atoms with Crippen LogP contribution >= 0.6 is 0 Å². The van der Waals surface area contributed by atoms with Crippen LogP contribution in [0.2, 0.25) is 0 Å². The molecule has 2 fully saturated rings. The summed E-state index contributed by atoms with van der Waals surface area (Å²) < 4.78 is 13.3. The van der Waals surface area contributed by atoms with Crippen molar-refractivity contribution in [1.29, 1.82) is 0 Å². The van der Waals surface area contributed by atoms with Crippen molar-refractivity contribution >= 4 is 0 Å². The van der Waals surface area contributed by atoms with Crippen LogP contribution in [0.25, 0.3) is 0 Å². The molecule has 0 bridgehead atoms. The first-order chi connectivity index (χ1) is 5.38. The van der Waals surface area contributed by atoms with E-state index in [0.717, 1.165) is 25.8 Å². The Morgan fingerprint density at radius 3 is 2.82 bits per heavy atom. The predicted octanol–water partition coefficient (Wildman–Crippen LogP) is 1.88. The Labute approximate surface area is 67.4 Å². The van der Waals surface area contributed by atoms with Gasteiger partial charge in [0.1, 0.15) is 6.17 Å². The van der Waals surface area contributed by atoms with Gasteiger partial charge in [0.05, 0.1) is 0 Å². The smallest absolute Gasteiger partial charge is 0.104 e. The minimum Gasteiger partial charge on any atom is -0.314 e. The van der Waals surface area contributed by atoms with Gasteiger partial charge in [-0.05, 0) is 38.6 Å². The molecule has 1 N–H and O–H groups in total. The monoisotopic (exact) mass is 157 g/mol. The maximum atomic E-state index is 13.3. The van der Waals surface area contributed by atoms with Gasteiger partial charge < -0.3 is 5.32 Å². The number of halogens is 1. The highest BCUT2D eigenvalue weighted by atomic mass is 19.1. The Balaban J connectivity index is 1.99. The maximum absolute atomic E-state index is 13.3. The van der Waals surface area contributed by atoms with E-state index in [-0.39, 0.29) is 0 Å². The first-order valence-corrected chi connectivity index (χ1v) is 4.75. The summed E-state index contributed by atoms with van der Waals surface area (Å²) in [6, 6.07) is 0.507. The molecule has 1 heterocycles. The topological polar surface area (TPSA) is 12.0 Å². The molecule has 0 radical (unpaired) electrons. The maximum Gasteiger partial charge on any atom is 0.104 e. The molecule has 1 saturated carbocycles. The van der Waals surface area contributed by atoms with E-state index in [1.54, 1.807) is 0 Å². The number of hydrogen-bond donors (Lipinski definition) is 1. The molecule has 2 rings (SSSR count). The molecule has 1 nitrogen and oxygen atoms in total. The van der Waals surface area contributed by atoms with E-state index in [1.165, 1.54) is 12.8 Å². The van der Waals surface area contributed by atoms with Crippen molar-refractivity contribution in [2.45, 2.75) is 44.3 Å². The molecule has 0 aromatic heterocycles. The molecule has 0 amide bonds. The van der Waals surface area contributed by atoms with Crippen molar-refractivity contribution in [3.05, 3.63) is 0 Å². The second kappa shape index (κ2) is 3.10. The first kappa shape index (κ1) is 7.53. The number of hydrogen-bond acceptors (Lipinski definition) is 1. The Hall–Kier alpha value is -0.110. The molecular formula is C9H16FN. The van der Waals surface area contributed by atoms with Gasteiger partial charge in [0, 0.05) is 12.0 Å². The second-order valence-corrected chi connectivity index (χ2v) is 3.81. The molecule has 64 valence electrons. The van der Waals surface area contributed by atoms with Crippen molar-refractivity contribution in [2.24, 2.45) is 5.92 Å². The van der Waals surface area contributed by atoms with Crippen molar-refractivity contribution < 1.29 is 4.39 Å². The number of rotatable bonds is 0. The molecule has 1 aliphatic carbocycles. The van der Waals surface area contributed by atoms with Gasteiger partial charge in [-0.2, -0.15) is 0 Å². The van der Waals surface area contributed by atoms with Crippen LogP contribution in [0.1, 0.15) is 32.1 Å². The Morgan fingerprint density at radius 2 is 2.00 bits per heavy atom. The summed E-state index contributed by atoms with van der Waals surface area (Å²) in [5.74, 6) is 0.345. The van der Waals surface area contributed by atoms with Crippen LogP contribution in [-0.2, 0) is 0 Å². The van der Waals surface area contributed by atoms with Gasteiger partial charge in [-0.1, -0.05) is 0 Å². The number of piperidine rings is 1. The van der Waals surface area contributed by atoms with Gasteiger partial charge in [-0.15, -0.1) is 0 Å². The lowest BCUT2D eigenvalue weighted by Crippen LogP contribution is -2.47. The van der Waals surface area contributed by atoms with E-state index in [4.69, 9.17) is 0 Å². The lowest BCUT2D eigenvalue weighted by Gasteiger charge is -2.38. The highest BCUT2D eigenvalue weighted by Gasteiger charge is 2.34. The molecular weight excluding hydrogens is 141 g/mol. The average Bonchev–Trinajstić information content (AvgIpc) is 2.06. The minimum absolute atomic E-state index is 0.345. The largest absolute Gasteiger partial charge is 0.314 e. The molecule has 0 aromatic carbocycles. The van der Waals surface area contributed by atoms with Gasteiger partial charge in [-0.25, -0.2) is 4.39 Å². The first-order valence-electron chi connectivity index (χ1n) is 4.75. The van der Waals surface area contributed by atoms with Crippen molar-refractivity contribution in [1.82, 2.24) is 5.32 Å². The van der Waals surface area contributed by atoms with E-state index < -0.39 is 6.17 Å². The van der Waals surface area contributed by atoms with Crippen LogP contribution in [-0.4, -0.2) is 18.8 Å². The zero-order valence-corrected chi connectivity index (χ0v) is 6.85. The molecule has 2 aliphatic rings. The molecule has 1 aliphatic heterocycles. The van der Waals surface area contributed by atoms with E-state index in [0.29, 0.717) is 12.0 Å². The van der Waals surface area contributed by atoms with Crippen LogP contribution in [0, 0.1) is 5.92 Å². The van der Waals surface area contributed by atoms with Crippen molar-refractivity contribution in [3.8, 4) is 0 Å². The lowest BCUT2D eigenvalue weighted by molar-refractivity contribution is 0.0996. The summed E-state index contributed by atoms with van der Waals surface area (Å²) in [7, 11) is 0. The summed E-state index contributed by atoms with van der Waals surface area (Å²) in [6.07, 6.45) is 4.85. The summed E-state index contributed by atoms with van der Waals surface area (Å²) in [5.41, 5.74) is 0. The molecule has 11 heavy (non-hydrogen) atoms. The molecule has 3 atom stereocenters. The quantitative estimate of drug-likeness (QED) is 0.566. The van der Waals surface area contributed by atoms with Gasteiger partial charge >= 0.3 is 0 Å². The normalized spacial score (nSPS) is 45.0. The Bertz CT molecular complexity index is 136. The standard InChI is InChI=1S/C9H16FN/c10-8-4-1-5-9-7(8)3-2-6-11-9/h7-9,11H,1-6H2. The lowest BCUT2D eigenvalue weighted by atomic mass is 9.78. The van der Waals surface area contributed by atoms with Gasteiger partial charge in [0.15, 0.2) is 0 Å². The third-order valence-corrected chi connectivity index (χ3v) is 3.10. The zero-order valence-electron chi connectivity index (χ0n) is 6.85. The summed E-state index contributed by atoms with van der Waals surface area (Å²) in [6.45, 7) is 1.11. The van der Waals surface area contributed by atoms with Gasteiger partial charge in [-0.3, -0.25) is 0 Å². The molecule has 3 unspecified atom stereocenters. The van der Waals surface area contributed by atoms with Crippen LogP contribution in [0.5, 0.6) is 0 Å². The van der Waals surface area contributed by atoms with Crippen molar-refractivity contribution in [3.63, 3.8) is 0 Å². The SMILES string of the molecule is FC1CCCC2NCCCC12. The van der Waals surface area contributed by atoms with Crippen LogP contribution < -0.4 is 5.32 Å². The van der Waals surface area contributed by atoms with Crippen molar-refractivity contribution in [2.75, 3.05) is 6.54 Å². The third-order valence-electron chi connectivity index (χ3n) is 3.10. The minimum atomic E-state index is -0.512. The molecule has 0 spiro atoms. The predicted molar refractivity (Wildman–Crippen MR) is 43.3 cm³/mol. The van der Waals surface area contributed by atoms with E-state index >= 15 is 0 Å². The Kier molecular flexibility index (Phi) is 2.12. The molecule has 1 saturated heterocycles. The summed E-state index contributed by atoms with van der Waals surface area (Å²) in [4.78, 5) is 0. The fraction of sp³-hybridized carbons (Fsp3) is 1.00. The summed E-state index contributed by atoms with van der Waals surface area (Å²) in [5, 5.41) is 3.41. The average molecular weight is 157 g/mol. The van der Waals surface area contributed by atoms with Crippen LogP contribution in [0.15, 0.2) is 0 Å². The van der Waals surface area contributed by atoms with Gasteiger partial charge in [0.2, 0.25) is 0 Å². The highest BCUT2D eigenvalue weighted by molar-refractivity contribution is 4.89. The highest BCUT2D eigenvalue weighted by Crippen LogP contribution is 2.32. The van der Waals surface area contributed by atoms with Crippen LogP contribution in [0.3, 0.4) is 0 Å². The molecule has 2 heteroatoms. The van der Waals surface area contributed by atoms with E-state index in [9.17, 15) is 4.39 Å². The molecule has 0 aromatic rings. The number of fused-ring (bicyclic) bond motifs is 1. The third kappa shape index (κ3) is 1.41. The summed E-state index contributed by atoms with van der Waals surface area (Å²) >= 11 is 0.